The van der Waals surface area contributed by atoms with Gasteiger partial charge < -0.3 is 0 Å². The first-order chi connectivity index (χ1) is 9.34. The highest BCUT2D eigenvalue weighted by Gasteiger charge is 2.43. The van der Waals surface area contributed by atoms with Crippen LogP contribution in [0, 0.1) is 0 Å². The molecule has 1 unspecified atom stereocenters. The third kappa shape index (κ3) is 2.16. The summed E-state index contributed by atoms with van der Waals surface area (Å²) in [6, 6.07) is 24.1. The first-order valence-corrected chi connectivity index (χ1v) is 9.73. The Hall–Kier alpha value is -1.34. The second-order valence-electron chi connectivity index (χ2n) is 5.85. The van der Waals surface area contributed by atoms with Crippen molar-refractivity contribution in [2.45, 2.75) is 37.8 Å². The normalized spacial score (nSPS) is 22.1. The van der Waals surface area contributed by atoms with E-state index in [2.05, 4.69) is 67.6 Å². The third-order valence-corrected chi connectivity index (χ3v) is 10.7. The summed E-state index contributed by atoms with van der Waals surface area (Å²) in [6.07, 6.45) is 4.21. The maximum absolute atomic E-state index is 2.49. The van der Waals surface area contributed by atoms with Gasteiger partial charge in [0, 0.05) is 0 Å². The summed E-state index contributed by atoms with van der Waals surface area (Å²) in [6.45, 7) is 2.49. The van der Waals surface area contributed by atoms with Crippen LogP contribution in [-0.4, -0.2) is 8.07 Å². The topological polar surface area (TPSA) is 0 Å². The minimum atomic E-state index is -1.54. The minimum Gasteiger partial charge on any atom is -0.0643 e. The maximum atomic E-state index is 2.49. The van der Waals surface area contributed by atoms with Crippen LogP contribution in [0.5, 0.6) is 0 Å². The van der Waals surface area contributed by atoms with Crippen molar-refractivity contribution in [1.82, 2.24) is 0 Å². The molecule has 3 rings (SSSR count). The fourth-order valence-electron chi connectivity index (χ4n) is 3.84. The quantitative estimate of drug-likeness (QED) is 0.725. The van der Waals surface area contributed by atoms with Crippen LogP contribution >= 0.6 is 0 Å². The summed E-state index contributed by atoms with van der Waals surface area (Å²) in [5.41, 5.74) is 0.853. The highest BCUT2D eigenvalue weighted by molar-refractivity contribution is 7.03. The van der Waals surface area contributed by atoms with Gasteiger partial charge in [0.15, 0.2) is 0 Å². The first-order valence-electron chi connectivity index (χ1n) is 7.45. The molecule has 0 spiro atoms. The van der Waals surface area contributed by atoms with E-state index in [9.17, 15) is 0 Å². The minimum absolute atomic E-state index is 0.853. The van der Waals surface area contributed by atoms with Crippen molar-refractivity contribution >= 4 is 18.4 Å². The second-order valence-corrected chi connectivity index (χ2v) is 10.4. The van der Waals surface area contributed by atoms with E-state index in [-0.39, 0.29) is 0 Å². The lowest BCUT2D eigenvalue weighted by Crippen LogP contribution is -2.61. The van der Waals surface area contributed by atoms with Gasteiger partial charge in [0.25, 0.3) is 0 Å². The molecule has 19 heavy (non-hydrogen) atoms. The predicted octanol–water partition coefficient (Wildman–Crippen LogP) is 3.82. The zero-order valence-electron chi connectivity index (χ0n) is 11.7. The average Bonchev–Trinajstić information content (AvgIpc) is 2.50. The largest absolute Gasteiger partial charge is 0.120 e. The van der Waals surface area contributed by atoms with E-state index in [4.69, 9.17) is 0 Å². The maximum Gasteiger partial charge on any atom is 0.120 e. The first kappa shape index (κ1) is 12.7. The van der Waals surface area contributed by atoms with Crippen LogP contribution in [0.1, 0.15) is 26.2 Å². The van der Waals surface area contributed by atoms with E-state index in [1.165, 1.54) is 25.3 Å². The van der Waals surface area contributed by atoms with E-state index in [0.29, 0.717) is 0 Å². The van der Waals surface area contributed by atoms with Gasteiger partial charge in [0.05, 0.1) is 0 Å². The average molecular weight is 266 g/mol. The van der Waals surface area contributed by atoms with Gasteiger partial charge in [-0.05, 0) is 11.6 Å². The summed E-state index contributed by atoms with van der Waals surface area (Å²) in [7, 11) is -1.54. The molecule has 1 atom stereocenters. The van der Waals surface area contributed by atoms with Gasteiger partial charge in [0.1, 0.15) is 8.07 Å². The fraction of sp³-hybridized carbons (Fsp3) is 0.333. The van der Waals surface area contributed by atoms with Crippen LogP contribution in [0.25, 0.3) is 0 Å². The zero-order valence-corrected chi connectivity index (χ0v) is 12.7. The second kappa shape index (κ2) is 5.34. The number of benzene rings is 2. The third-order valence-electron chi connectivity index (χ3n) is 4.88. The van der Waals surface area contributed by atoms with Crippen LogP contribution in [0.3, 0.4) is 0 Å². The van der Waals surface area contributed by atoms with Gasteiger partial charge in [-0.3, -0.25) is 0 Å². The molecule has 0 bridgehead atoms. The summed E-state index contributed by atoms with van der Waals surface area (Å²) >= 11 is 0. The zero-order chi connectivity index (χ0) is 13.1. The molecule has 1 aliphatic heterocycles. The molecular weight excluding hydrogens is 244 g/mol. The molecule has 0 radical (unpaired) electrons. The lowest BCUT2D eigenvalue weighted by atomic mass is 10.2. The van der Waals surface area contributed by atoms with E-state index in [1.807, 2.05) is 0 Å². The van der Waals surface area contributed by atoms with E-state index >= 15 is 0 Å². The van der Waals surface area contributed by atoms with Gasteiger partial charge in [-0.2, -0.15) is 0 Å². The molecule has 0 nitrogen and oxygen atoms in total. The fourth-order valence-corrected chi connectivity index (χ4v) is 9.46. The highest BCUT2D eigenvalue weighted by Crippen LogP contribution is 2.36. The predicted molar refractivity (Wildman–Crippen MR) is 86.0 cm³/mol. The van der Waals surface area contributed by atoms with E-state index < -0.39 is 8.07 Å². The van der Waals surface area contributed by atoms with Gasteiger partial charge in [-0.25, -0.2) is 0 Å². The summed E-state index contributed by atoms with van der Waals surface area (Å²) < 4.78 is 0. The molecule has 1 aliphatic rings. The molecule has 1 fully saturated rings. The van der Waals surface area contributed by atoms with Crippen molar-refractivity contribution in [3.8, 4) is 0 Å². The van der Waals surface area contributed by atoms with Crippen molar-refractivity contribution in [1.29, 1.82) is 0 Å². The Morgan fingerprint density at radius 1 is 0.789 bits per heavy atom. The van der Waals surface area contributed by atoms with Crippen LogP contribution in [0.4, 0.5) is 0 Å². The van der Waals surface area contributed by atoms with Crippen molar-refractivity contribution in [3.63, 3.8) is 0 Å². The lowest BCUT2D eigenvalue weighted by Gasteiger charge is -2.42. The van der Waals surface area contributed by atoms with Gasteiger partial charge in [0.2, 0.25) is 0 Å². The molecule has 1 heteroatoms. The van der Waals surface area contributed by atoms with E-state index in [1.54, 1.807) is 10.4 Å². The Balaban J connectivity index is 2.16. The monoisotopic (exact) mass is 266 g/mol. The van der Waals surface area contributed by atoms with Crippen LogP contribution in [0.2, 0.25) is 11.6 Å². The standard InChI is InChI=1S/C18H22Si/c1-16-10-8-9-15-19(16,17-11-4-2-5-12-17)18-13-6-3-7-14-18/h2-7,11-14,16H,8-10,15H2,1H3. The smallest absolute Gasteiger partial charge is 0.0643 e. The Morgan fingerprint density at radius 3 is 1.79 bits per heavy atom. The Labute approximate surface area is 117 Å². The Morgan fingerprint density at radius 2 is 1.32 bits per heavy atom. The molecule has 0 aliphatic carbocycles. The van der Waals surface area contributed by atoms with Crippen LogP contribution < -0.4 is 10.4 Å². The summed E-state index contributed by atoms with van der Waals surface area (Å²) in [5, 5.41) is 3.27. The van der Waals surface area contributed by atoms with Crippen molar-refractivity contribution in [2.24, 2.45) is 0 Å². The molecule has 1 heterocycles. The van der Waals surface area contributed by atoms with Gasteiger partial charge in [-0.1, -0.05) is 97.2 Å². The molecule has 0 N–H and O–H groups in total. The Kier molecular flexibility index (Phi) is 3.56. The molecule has 0 aromatic heterocycles. The molecule has 2 aromatic carbocycles. The van der Waals surface area contributed by atoms with Crippen molar-refractivity contribution in [2.75, 3.05) is 0 Å². The van der Waals surface area contributed by atoms with Crippen molar-refractivity contribution in [3.05, 3.63) is 60.7 Å². The van der Waals surface area contributed by atoms with Gasteiger partial charge in [-0.15, -0.1) is 0 Å². The highest BCUT2D eigenvalue weighted by atomic mass is 28.3. The summed E-state index contributed by atoms with van der Waals surface area (Å²) in [4.78, 5) is 0. The molecule has 0 amide bonds. The molecule has 2 aromatic rings. The number of hydrogen-bond donors (Lipinski definition) is 0. The van der Waals surface area contributed by atoms with Gasteiger partial charge >= 0.3 is 0 Å². The summed E-state index contributed by atoms with van der Waals surface area (Å²) in [5.74, 6) is 0. The molecular formula is C18H22Si. The molecule has 1 saturated heterocycles. The molecule has 98 valence electrons. The number of hydrogen-bond acceptors (Lipinski definition) is 0. The van der Waals surface area contributed by atoms with Crippen molar-refractivity contribution < 1.29 is 0 Å². The SMILES string of the molecule is CC1CCCC[Si]1(c1ccccc1)c1ccccc1. The van der Waals surface area contributed by atoms with E-state index in [0.717, 1.165) is 5.54 Å². The lowest BCUT2D eigenvalue weighted by molar-refractivity contribution is 0.643. The molecule has 0 saturated carbocycles. The number of rotatable bonds is 2. The Bertz CT molecular complexity index is 478. The van der Waals surface area contributed by atoms with Crippen LogP contribution in [-0.2, 0) is 0 Å². The van der Waals surface area contributed by atoms with Crippen LogP contribution in [0.15, 0.2) is 60.7 Å².